The molecule has 0 fully saturated rings. The molecular formula is C13H13ClFN3. The Labute approximate surface area is 110 Å². The van der Waals surface area contributed by atoms with Gasteiger partial charge in [-0.25, -0.2) is 14.4 Å². The number of anilines is 1. The molecule has 2 aromatic rings. The molecule has 1 heterocycles. The van der Waals surface area contributed by atoms with E-state index in [1.54, 1.807) is 19.2 Å². The van der Waals surface area contributed by atoms with Crippen molar-refractivity contribution in [2.24, 2.45) is 0 Å². The lowest BCUT2D eigenvalue weighted by atomic mass is 10.2. The van der Waals surface area contributed by atoms with Crippen LogP contribution in [-0.4, -0.2) is 17.0 Å². The first-order chi connectivity index (χ1) is 8.65. The summed E-state index contributed by atoms with van der Waals surface area (Å²) in [5, 5.41) is 3.01. The van der Waals surface area contributed by atoms with Gasteiger partial charge in [0.25, 0.3) is 0 Å². The lowest BCUT2D eigenvalue weighted by Gasteiger charge is -2.08. The van der Waals surface area contributed by atoms with E-state index in [4.69, 9.17) is 11.6 Å². The minimum atomic E-state index is -0.491. The SMILES string of the molecule is CCc1cc(NC)nc(-c2cccc(Cl)c2F)n1. The Balaban J connectivity index is 2.59. The van der Waals surface area contributed by atoms with Crippen molar-refractivity contribution in [3.63, 3.8) is 0 Å². The fraction of sp³-hybridized carbons (Fsp3) is 0.231. The van der Waals surface area contributed by atoms with Crippen LogP contribution in [0.1, 0.15) is 12.6 Å². The average Bonchev–Trinajstić information content (AvgIpc) is 2.41. The number of halogens is 2. The Morgan fingerprint density at radius 2 is 2.11 bits per heavy atom. The Morgan fingerprint density at radius 1 is 1.33 bits per heavy atom. The van der Waals surface area contributed by atoms with Crippen molar-refractivity contribution >= 4 is 17.4 Å². The molecule has 0 aliphatic heterocycles. The molecule has 0 unspecified atom stereocenters. The third-order valence-electron chi connectivity index (χ3n) is 2.59. The van der Waals surface area contributed by atoms with E-state index in [0.29, 0.717) is 17.2 Å². The Morgan fingerprint density at radius 3 is 2.78 bits per heavy atom. The summed E-state index contributed by atoms with van der Waals surface area (Å²) in [6.45, 7) is 1.99. The molecule has 0 amide bonds. The molecule has 0 radical (unpaired) electrons. The van der Waals surface area contributed by atoms with Gasteiger partial charge in [0.05, 0.1) is 10.6 Å². The highest BCUT2D eigenvalue weighted by Gasteiger charge is 2.12. The van der Waals surface area contributed by atoms with Crippen molar-refractivity contribution in [3.8, 4) is 11.4 Å². The number of rotatable bonds is 3. The molecule has 94 valence electrons. The van der Waals surface area contributed by atoms with E-state index >= 15 is 0 Å². The Bertz CT molecular complexity index is 550. The number of benzene rings is 1. The van der Waals surface area contributed by atoms with Crippen molar-refractivity contribution in [2.45, 2.75) is 13.3 Å². The maximum atomic E-state index is 13.9. The first kappa shape index (κ1) is 12.8. The van der Waals surface area contributed by atoms with Crippen LogP contribution in [-0.2, 0) is 6.42 Å². The minimum absolute atomic E-state index is 0.0732. The lowest BCUT2D eigenvalue weighted by molar-refractivity contribution is 0.630. The predicted molar refractivity (Wildman–Crippen MR) is 71.4 cm³/mol. The summed E-state index contributed by atoms with van der Waals surface area (Å²) in [7, 11) is 1.76. The second-order valence-corrected chi connectivity index (χ2v) is 4.18. The molecule has 0 saturated heterocycles. The van der Waals surface area contributed by atoms with E-state index in [1.807, 2.05) is 13.0 Å². The van der Waals surface area contributed by atoms with Crippen molar-refractivity contribution in [3.05, 3.63) is 40.8 Å². The monoisotopic (exact) mass is 265 g/mol. The van der Waals surface area contributed by atoms with E-state index in [1.165, 1.54) is 6.07 Å². The van der Waals surface area contributed by atoms with E-state index in [0.717, 1.165) is 12.1 Å². The molecule has 2 rings (SSSR count). The summed E-state index contributed by atoms with van der Waals surface area (Å²) in [5.41, 5.74) is 1.16. The average molecular weight is 266 g/mol. The third kappa shape index (κ3) is 2.43. The topological polar surface area (TPSA) is 37.8 Å². The highest BCUT2D eigenvalue weighted by atomic mass is 35.5. The van der Waals surface area contributed by atoms with E-state index in [2.05, 4.69) is 15.3 Å². The van der Waals surface area contributed by atoms with Gasteiger partial charge >= 0.3 is 0 Å². The quantitative estimate of drug-likeness (QED) is 0.922. The number of nitrogens with zero attached hydrogens (tertiary/aromatic N) is 2. The van der Waals surface area contributed by atoms with Crippen LogP contribution in [0.2, 0.25) is 5.02 Å². The van der Waals surface area contributed by atoms with Gasteiger partial charge in [0.2, 0.25) is 0 Å². The normalized spacial score (nSPS) is 10.4. The van der Waals surface area contributed by atoms with Gasteiger partial charge in [-0.1, -0.05) is 24.6 Å². The Hall–Kier alpha value is -1.68. The van der Waals surface area contributed by atoms with Gasteiger partial charge in [-0.2, -0.15) is 0 Å². The van der Waals surface area contributed by atoms with Crippen molar-refractivity contribution in [1.29, 1.82) is 0 Å². The standard InChI is InChI=1S/C13H13ClFN3/c1-3-8-7-11(16-2)18-13(17-8)9-5-4-6-10(14)12(9)15/h4-7H,3H2,1-2H3,(H,16,17,18). The molecule has 0 atom stereocenters. The zero-order valence-corrected chi connectivity index (χ0v) is 10.9. The molecule has 5 heteroatoms. The Kier molecular flexibility index (Phi) is 3.77. The molecule has 1 N–H and O–H groups in total. The lowest BCUT2D eigenvalue weighted by Crippen LogP contribution is -2.01. The first-order valence-corrected chi connectivity index (χ1v) is 6.03. The predicted octanol–water partition coefficient (Wildman–Crippen LogP) is 3.54. The molecule has 0 bridgehead atoms. The van der Waals surface area contributed by atoms with Gasteiger partial charge in [-0.3, -0.25) is 0 Å². The van der Waals surface area contributed by atoms with E-state index < -0.39 is 5.82 Å². The van der Waals surface area contributed by atoms with E-state index in [-0.39, 0.29) is 5.02 Å². The van der Waals surface area contributed by atoms with Crippen LogP contribution in [0, 0.1) is 5.82 Å². The third-order valence-corrected chi connectivity index (χ3v) is 2.88. The molecule has 0 aliphatic rings. The van der Waals surface area contributed by atoms with Crippen LogP contribution >= 0.6 is 11.6 Å². The van der Waals surface area contributed by atoms with Crippen LogP contribution in [0.25, 0.3) is 11.4 Å². The van der Waals surface area contributed by atoms with Crippen molar-refractivity contribution < 1.29 is 4.39 Å². The second kappa shape index (κ2) is 5.31. The second-order valence-electron chi connectivity index (χ2n) is 3.77. The van der Waals surface area contributed by atoms with Crippen LogP contribution in [0.15, 0.2) is 24.3 Å². The zero-order chi connectivity index (χ0) is 13.1. The van der Waals surface area contributed by atoms with Crippen molar-refractivity contribution in [2.75, 3.05) is 12.4 Å². The number of aryl methyl sites for hydroxylation is 1. The number of hydrogen-bond donors (Lipinski definition) is 1. The largest absolute Gasteiger partial charge is 0.373 e. The smallest absolute Gasteiger partial charge is 0.164 e. The van der Waals surface area contributed by atoms with Gasteiger partial charge in [-0.15, -0.1) is 0 Å². The molecule has 3 nitrogen and oxygen atoms in total. The van der Waals surface area contributed by atoms with E-state index in [9.17, 15) is 4.39 Å². The summed E-state index contributed by atoms with van der Waals surface area (Å²) >= 11 is 5.76. The van der Waals surface area contributed by atoms with Crippen LogP contribution in [0.4, 0.5) is 10.2 Å². The fourth-order valence-corrected chi connectivity index (χ4v) is 1.78. The van der Waals surface area contributed by atoms with Gasteiger partial charge in [0, 0.05) is 18.8 Å². The highest BCUT2D eigenvalue weighted by molar-refractivity contribution is 6.31. The zero-order valence-electron chi connectivity index (χ0n) is 10.2. The van der Waals surface area contributed by atoms with Gasteiger partial charge in [0.1, 0.15) is 5.82 Å². The summed E-state index contributed by atoms with van der Waals surface area (Å²) < 4.78 is 13.9. The molecule has 0 spiro atoms. The van der Waals surface area contributed by atoms with Crippen LogP contribution in [0.3, 0.4) is 0 Å². The summed E-state index contributed by atoms with van der Waals surface area (Å²) in [4.78, 5) is 8.57. The number of nitrogens with one attached hydrogen (secondary N) is 1. The maximum Gasteiger partial charge on any atom is 0.164 e. The summed E-state index contributed by atoms with van der Waals surface area (Å²) in [6, 6.07) is 6.65. The van der Waals surface area contributed by atoms with Crippen LogP contribution < -0.4 is 5.32 Å². The van der Waals surface area contributed by atoms with Gasteiger partial charge < -0.3 is 5.32 Å². The molecule has 0 saturated carbocycles. The molecule has 1 aromatic carbocycles. The highest BCUT2D eigenvalue weighted by Crippen LogP contribution is 2.26. The van der Waals surface area contributed by atoms with Crippen LogP contribution in [0.5, 0.6) is 0 Å². The van der Waals surface area contributed by atoms with Gasteiger partial charge in [0.15, 0.2) is 11.6 Å². The van der Waals surface area contributed by atoms with Crippen molar-refractivity contribution in [1.82, 2.24) is 9.97 Å². The number of hydrogen-bond acceptors (Lipinski definition) is 3. The summed E-state index contributed by atoms with van der Waals surface area (Å²) in [6.07, 6.45) is 0.756. The minimum Gasteiger partial charge on any atom is -0.373 e. The molecule has 1 aromatic heterocycles. The first-order valence-electron chi connectivity index (χ1n) is 5.65. The summed E-state index contributed by atoms with van der Waals surface area (Å²) in [5.74, 6) is 0.518. The fourth-order valence-electron chi connectivity index (χ4n) is 1.60. The maximum absolute atomic E-state index is 13.9. The molecular weight excluding hydrogens is 253 g/mol. The molecule has 18 heavy (non-hydrogen) atoms. The number of aromatic nitrogens is 2. The molecule has 0 aliphatic carbocycles. The van der Waals surface area contributed by atoms with Gasteiger partial charge in [-0.05, 0) is 18.6 Å².